The Morgan fingerprint density at radius 1 is 1.00 bits per heavy atom. The van der Waals surface area contributed by atoms with E-state index in [4.69, 9.17) is 4.99 Å². The van der Waals surface area contributed by atoms with Crippen LogP contribution in [0, 0.1) is 0 Å². The molecule has 2 aliphatic heterocycles. The fraction of sp³-hybridized carbons (Fsp3) is 0.0833. The van der Waals surface area contributed by atoms with E-state index in [-0.39, 0.29) is 5.91 Å². The van der Waals surface area contributed by atoms with Crippen molar-refractivity contribution in [1.29, 1.82) is 0 Å². The monoisotopic (exact) mass is 412 g/mol. The molecule has 148 valence electrons. The first-order valence-corrected chi connectivity index (χ1v) is 10.5. The van der Waals surface area contributed by atoms with Gasteiger partial charge >= 0.3 is 0 Å². The largest absolute Gasteiger partial charge is 0.311 e. The van der Waals surface area contributed by atoms with Crippen molar-refractivity contribution in [2.45, 2.75) is 6.54 Å². The van der Waals surface area contributed by atoms with E-state index in [1.807, 2.05) is 84.9 Å². The third kappa shape index (κ3) is 3.51. The van der Waals surface area contributed by atoms with Gasteiger partial charge in [-0.25, -0.2) is 10.4 Å². The van der Waals surface area contributed by atoms with E-state index in [0.717, 1.165) is 23.5 Å². The molecule has 0 radical (unpaired) electrons. The van der Waals surface area contributed by atoms with Gasteiger partial charge in [0.25, 0.3) is 5.91 Å². The SMILES string of the molecule is CN1NCc2cc(/C=C3\S/C(=N\c4ccccc4)N(c4ccccc4)C3=O)ccc21. The number of hydrazine groups is 1. The number of nitrogens with one attached hydrogen (secondary N) is 1. The molecule has 3 aromatic carbocycles. The zero-order valence-electron chi connectivity index (χ0n) is 16.4. The Balaban J connectivity index is 1.54. The number of amides is 1. The number of para-hydroxylation sites is 2. The van der Waals surface area contributed by atoms with Crippen molar-refractivity contribution in [1.82, 2.24) is 5.43 Å². The van der Waals surface area contributed by atoms with Crippen molar-refractivity contribution in [2.75, 3.05) is 17.0 Å². The van der Waals surface area contributed by atoms with Crippen LogP contribution >= 0.6 is 11.8 Å². The first-order chi connectivity index (χ1) is 14.7. The Kier molecular flexibility index (Phi) is 4.86. The van der Waals surface area contributed by atoms with Crippen molar-refractivity contribution in [3.8, 4) is 0 Å². The smallest absolute Gasteiger partial charge is 0.271 e. The van der Waals surface area contributed by atoms with Crippen LogP contribution in [0.15, 0.2) is 88.8 Å². The lowest BCUT2D eigenvalue weighted by Gasteiger charge is -2.15. The Bertz CT molecular complexity index is 1160. The van der Waals surface area contributed by atoms with E-state index in [1.165, 1.54) is 23.0 Å². The quantitative estimate of drug-likeness (QED) is 0.619. The second-order valence-corrected chi connectivity index (χ2v) is 8.11. The van der Waals surface area contributed by atoms with E-state index in [9.17, 15) is 4.79 Å². The normalized spacial score (nSPS) is 18.5. The zero-order chi connectivity index (χ0) is 20.5. The summed E-state index contributed by atoms with van der Waals surface area (Å²) in [6.07, 6.45) is 1.95. The molecule has 0 aromatic heterocycles. The van der Waals surface area contributed by atoms with E-state index >= 15 is 0 Å². The van der Waals surface area contributed by atoms with E-state index < -0.39 is 0 Å². The number of benzene rings is 3. The van der Waals surface area contributed by atoms with Crippen LogP contribution in [0.4, 0.5) is 17.1 Å². The Hall–Kier alpha value is -3.35. The molecule has 0 spiro atoms. The first-order valence-electron chi connectivity index (χ1n) is 9.72. The van der Waals surface area contributed by atoms with Crippen LogP contribution in [0.5, 0.6) is 0 Å². The van der Waals surface area contributed by atoms with Crippen molar-refractivity contribution in [2.24, 2.45) is 4.99 Å². The number of carbonyl (C=O) groups excluding carboxylic acids is 1. The van der Waals surface area contributed by atoms with Gasteiger partial charge in [0.15, 0.2) is 5.17 Å². The summed E-state index contributed by atoms with van der Waals surface area (Å²) in [5.74, 6) is -0.0587. The van der Waals surface area contributed by atoms with Crippen LogP contribution in [0.2, 0.25) is 0 Å². The van der Waals surface area contributed by atoms with Gasteiger partial charge in [-0.3, -0.25) is 9.69 Å². The lowest BCUT2D eigenvalue weighted by Crippen LogP contribution is -2.28. The highest BCUT2D eigenvalue weighted by Crippen LogP contribution is 2.37. The molecule has 0 bridgehead atoms. The highest BCUT2D eigenvalue weighted by Gasteiger charge is 2.34. The number of rotatable bonds is 3. The fourth-order valence-electron chi connectivity index (χ4n) is 3.57. The summed E-state index contributed by atoms with van der Waals surface area (Å²) in [7, 11) is 2.00. The van der Waals surface area contributed by atoms with Crippen LogP contribution in [-0.4, -0.2) is 18.1 Å². The molecule has 0 atom stereocenters. The van der Waals surface area contributed by atoms with Gasteiger partial charge in [0.2, 0.25) is 0 Å². The van der Waals surface area contributed by atoms with Crippen LogP contribution < -0.4 is 15.3 Å². The second-order valence-electron chi connectivity index (χ2n) is 7.10. The summed E-state index contributed by atoms with van der Waals surface area (Å²) in [6, 6.07) is 25.6. The van der Waals surface area contributed by atoms with E-state index in [2.05, 4.69) is 17.6 Å². The summed E-state index contributed by atoms with van der Waals surface area (Å²) in [6.45, 7) is 0.792. The Morgan fingerprint density at radius 3 is 2.50 bits per heavy atom. The zero-order valence-corrected chi connectivity index (χ0v) is 17.3. The molecule has 1 saturated heterocycles. The fourth-order valence-corrected chi connectivity index (χ4v) is 4.57. The van der Waals surface area contributed by atoms with Crippen LogP contribution in [0.1, 0.15) is 11.1 Å². The predicted molar refractivity (Wildman–Crippen MR) is 125 cm³/mol. The number of carbonyl (C=O) groups is 1. The van der Waals surface area contributed by atoms with E-state index in [1.54, 1.807) is 4.90 Å². The third-order valence-electron chi connectivity index (χ3n) is 5.07. The number of nitrogens with zero attached hydrogens (tertiary/aromatic N) is 3. The molecule has 1 fully saturated rings. The van der Waals surface area contributed by atoms with Gasteiger partial charge in [0.05, 0.1) is 22.0 Å². The highest BCUT2D eigenvalue weighted by molar-refractivity contribution is 8.19. The second kappa shape index (κ2) is 7.82. The minimum atomic E-state index is -0.0587. The maximum atomic E-state index is 13.3. The molecule has 5 rings (SSSR count). The predicted octanol–water partition coefficient (Wildman–Crippen LogP) is 4.95. The maximum absolute atomic E-state index is 13.3. The molecule has 1 N–H and O–H groups in total. The number of hydrogen-bond acceptors (Lipinski definition) is 5. The van der Waals surface area contributed by atoms with Crippen molar-refractivity contribution < 1.29 is 4.79 Å². The highest BCUT2D eigenvalue weighted by atomic mass is 32.2. The first kappa shape index (κ1) is 18.7. The molecule has 2 aliphatic rings. The summed E-state index contributed by atoms with van der Waals surface area (Å²) in [5.41, 5.74) is 8.32. The minimum absolute atomic E-state index is 0.0587. The number of aliphatic imine (C=N–C) groups is 1. The van der Waals surface area contributed by atoms with Crippen molar-refractivity contribution in [3.63, 3.8) is 0 Å². The summed E-state index contributed by atoms with van der Waals surface area (Å²) < 4.78 is 0. The van der Waals surface area contributed by atoms with Crippen LogP contribution in [0.25, 0.3) is 6.08 Å². The number of thioether (sulfide) groups is 1. The van der Waals surface area contributed by atoms with Crippen LogP contribution in [-0.2, 0) is 11.3 Å². The van der Waals surface area contributed by atoms with Gasteiger partial charge in [-0.1, -0.05) is 42.5 Å². The number of amidine groups is 1. The summed E-state index contributed by atoms with van der Waals surface area (Å²) >= 11 is 1.41. The molecule has 30 heavy (non-hydrogen) atoms. The number of fused-ring (bicyclic) bond motifs is 1. The number of hydrogen-bond donors (Lipinski definition) is 1. The molecule has 2 heterocycles. The Labute approximate surface area is 179 Å². The minimum Gasteiger partial charge on any atom is -0.311 e. The molecule has 3 aromatic rings. The number of anilines is 2. The summed E-state index contributed by atoms with van der Waals surface area (Å²) in [5, 5.41) is 2.68. The third-order valence-corrected chi connectivity index (χ3v) is 6.04. The van der Waals surface area contributed by atoms with Gasteiger partial charge in [-0.2, -0.15) is 0 Å². The van der Waals surface area contributed by atoms with Crippen molar-refractivity contribution >= 4 is 46.0 Å². The van der Waals surface area contributed by atoms with Gasteiger partial charge in [-0.15, -0.1) is 0 Å². The average Bonchev–Trinajstić information content (AvgIpc) is 3.29. The standard InChI is InChI=1S/C24H20N4OS/c1-27-21-13-12-17(14-18(21)16-25-27)15-22-23(29)28(20-10-6-3-7-11-20)24(30-22)26-19-8-4-2-5-9-19/h2-15,25H,16H2,1H3/b22-15-,26-24-. The van der Waals surface area contributed by atoms with Crippen molar-refractivity contribution in [3.05, 3.63) is 94.9 Å². The molecular weight excluding hydrogens is 392 g/mol. The molecule has 1 amide bonds. The summed E-state index contributed by atoms with van der Waals surface area (Å²) in [4.78, 5) is 20.4. The molecule has 0 unspecified atom stereocenters. The lowest BCUT2D eigenvalue weighted by molar-refractivity contribution is -0.113. The molecule has 5 nitrogen and oxygen atoms in total. The lowest BCUT2D eigenvalue weighted by atomic mass is 10.1. The topological polar surface area (TPSA) is 47.9 Å². The van der Waals surface area contributed by atoms with Gasteiger partial charge in [-0.05, 0) is 65.4 Å². The van der Waals surface area contributed by atoms with Gasteiger partial charge in [0, 0.05) is 13.6 Å². The van der Waals surface area contributed by atoms with E-state index in [0.29, 0.717) is 10.1 Å². The average molecular weight is 413 g/mol. The Morgan fingerprint density at radius 2 is 1.73 bits per heavy atom. The molecule has 6 heteroatoms. The molecule has 0 aliphatic carbocycles. The van der Waals surface area contributed by atoms with Gasteiger partial charge < -0.3 is 5.01 Å². The molecule has 0 saturated carbocycles. The van der Waals surface area contributed by atoms with Gasteiger partial charge in [0.1, 0.15) is 0 Å². The molecular formula is C24H20N4OS. The maximum Gasteiger partial charge on any atom is 0.271 e. The van der Waals surface area contributed by atoms with Crippen LogP contribution in [0.3, 0.4) is 0 Å².